The molecule has 0 fully saturated rings. The van der Waals surface area contributed by atoms with Crippen LogP contribution in [0.15, 0.2) is 11.7 Å². The third-order valence-electron chi connectivity index (χ3n) is 0.893. The molecule has 0 aliphatic carbocycles. The summed E-state index contributed by atoms with van der Waals surface area (Å²) in [5.74, 6) is -0.368. The molecule has 0 unspecified atom stereocenters. The second-order valence-corrected chi connectivity index (χ2v) is 1.45. The molecule has 0 aromatic heterocycles. The summed E-state index contributed by atoms with van der Waals surface area (Å²) in [6.45, 7) is 0. The van der Waals surface area contributed by atoms with Crippen molar-refractivity contribution in [3.05, 3.63) is 21.8 Å². The fourth-order valence-corrected chi connectivity index (χ4v) is 0.473. The highest BCUT2D eigenvalue weighted by atomic mass is 16.8. The number of hydrogen-bond acceptors (Lipinski definition) is 6. The summed E-state index contributed by atoms with van der Waals surface area (Å²) in [4.78, 5) is 13.7. The van der Waals surface area contributed by atoms with Crippen molar-refractivity contribution in [3.8, 4) is 0 Å². The summed E-state index contributed by atoms with van der Waals surface area (Å²) < 4.78 is 4.52. The quantitative estimate of drug-likeness (QED) is 0.388. The van der Waals surface area contributed by atoms with Gasteiger partial charge in [0.2, 0.25) is 0 Å². The Bertz CT molecular complexity index is 188. The molecular formula is C3H5N3O4. The molecule has 0 radical (unpaired) electrons. The van der Waals surface area contributed by atoms with E-state index in [0.29, 0.717) is 0 Å². The minimum atomic E-state index is -0.654. The van der Waals surface area contributed by atoms with E-state index in [9.17, 15) is 10.1 Å². The highest BCUT2D eigenvalue weighted by Gasteiger charge is 2.25. The summed E-state index contributed by atoms with van der Waals surface area (Å²) in [5.41, 5.74) is 4.14. The van der Waals surface area contributed by atoms with E-state index in [1.54, 1.807) is 0 Å². The Labute approximate surface area is 55.7 Å². The molecule has 0 amide bonds. The molecule has 0 aromatic rings. The van der Waals surface area contributed by atoms with Gasteiger partial charge in [-0.15, -0.1) is 0 Å². The van der Waals surface area contributed by atoms with Crippen molar-refractivity contribution in [2.45, 2.75) is 0 Å². The third kappa shape index (κ3) is 0.935. The Morgan fingerprint density at radius 3 is 2.80 bits per heavy atom. The number of nitrogens with zero attached hydrogens (tertiary/aromatic N) is 1. The van der Waals surface area contributed by atoms with Crippen LogP contribution < -0.4 is 11.0 Å². The van der Waals surface area contributed by atoms with Gasteiger partial charge in [-0.3, -0.25) is 0 Å². The number of nitro groups is 1. The fraction of sp³-hybridized carbons (Fsp3) is 0.333. The van der Waals surface area contributed by atoms with E-state index in [4.69, 9.17) is 0 Å². The average molecular weight is 147 g/mol. The Morgan fingerprint density at radius 2 is 2.40 bits per heavy atom. The third-order valence-corrected chi connectivity index (χ3v) is 0.893. The van der Waals surface area contributed by atoms with Crippen molar-refractivity contribution in [1.82, 2.24) is 11.0 Å². The second kappa shape index (κ2) is 2.40. The van der Waals surface area contributed by atoms with Crippen LogP contribution in [-0.2, 0) is 9.68 Å². The molecule has 0 bridgehead atoms. The first-order valence-electron chi connectivity index (χ1n) is 2.36. The van der Waals surface area contributed by atoms with Gasteiger partial charge in [-0.25, -0.2) is 0 Å². The lowest BCUT2D eigenvalue weighted by Gasteiger charge is -1.94. The van der Waals surface area contributed by atoms with Gasteiger partial charge in [0.25, 0.3) is 0 Å². The predicted octanol–water partition coefficient (Wildman–Crippen LogP) is -0.925. The summed E-state index contributed by atoms with van der Waals surface area (Å²) in [6, 6.07) is 0. The summed E-state index contributed by atoms with van der Waals surface area (Å²) in [7, 11) is 1.29. The van der Waals surface area contributed by atoms with Crippen LogP contribution in [0.3, 0.4) is 0 Å². The lowest BCUT2D eigenvalue weighted by molar-refractivity contribution is -0.439. The van der Waals surface area contributed by atoms with Gasteiger partial charge in [-0.1, -0.05) is 10.4 Å². The minimum Gasteiger partial charge on any atom is -0.475 e. The molecule has 0 spiro atoms. The molecule has 2 N–H and O–H groups in total. The van der Waals surface area contributed by atoms with Crippen LogP contribution in [0.5, 0.6) is 0 Å². The standard InChI is InChI=1S/C3H5N3O4/c1-9-3-2(6(7)8)4-10-5-3/h4-5H,1H3. The Balaban J connectivity index is 2.78. The van der Waals surface area contributed by atoms with Crippen LogP contribution in [0.2, 0.25) is 0 Å². The SMILES string of the molecule is COC1=C([N+](=O)[O-])NON1. The van der Waals surface area contributed by atoms with Crippen LogP contribution in [-0.4, -0.2) is 12.0 Å². The van der Waals surface area contributed by atoms with Gasteiger partial charge in [0.15, 0.2) is 0 Å². The van der Waals surface area contributed by atoms with Crippen LogP contribution in [0.1, 0.15) is 0 Å². The number of hydrogen-bond donors (Lipinski definition) is 2. The highest BCUT2D eigenvalue weighted by Crippen LogP contribution is 2.04. The molecule has 1 rings (SSSR count). The Hall–Kier alpha value is -1.50. The van der Waals surface area contributed by atoms with Crippen molar-refractivity contribution in [1.29, 1.82) is 0 Å². The van der Waals surface area contributed by atoms with Crippen molar-refractivity contribution in [2.24, 2.45) is 0 Å². The number of rotatable bonds is 2. The first-order chi connectivity index (χ1) is 4.75. The smallest absolute Gasteiger partial charge is 0.411 e. The number of methoxy groups -OCH3 is 1. The zero-order chi connectivity index (χ0) is 7.56. The van der Waals surface area contributed by atoms with E-state index in [1.165, 1.54) is 7.11 Å². The second-order valence-electron chi connectivity index (χ2n) is 1.45. The van der Waals surface area contributed by atoms with E-state index < -0.39 is 4.92 Å². The van der Waals surface area contributed by atoms with E-state index in [1.807, 2.05) is 5.48 Å². The van der Waals surface area contributed by atoms with Crippen molar-refractivity contribution < 1.29 is 14.6 Å². The topological polar surface area (TPSA) is 85.7 Å². The van der Waals surface area contributed by atoms with E-state index in [0.717, 1.165) is 0 Å². The molecule has 0 saturated heterocycles. The number of hydroxylamine groups is 2. The van der Waals surface area contributed by atoms with Crippen LogP contribution in [0.4, 0.5) is 0 Å². The molecule has 1 aliphatic heterocycles. The molecular weight excluding hydrogens is 142 g/mol. The summed E-state index contributed by atoms with van der Waals surface area (Å²) >= 11 is 0. The van der Waals surface area contributed by atoms with Crippen molar-refractivity contribution >= 4 is 0 Å². The van der Waals surface area contributed by atoms with Gasteiger partial charge < -0.3 is 14.9 Å². The van der Waals surface area contributed by atoms with Crippen molar-refractivity contribution in [2.75, 3.05) is 7.11 Å². The first kappa shape index (κ1) is 6.62. The van der Waals surface area contributed by atoms with Gasteiger partial charge in [0, 0.05) is 0 Å². The molecule has 1 heterocycles. The van der Waals surface area contributed by atoms with E-state index in [2.05, 4.69) is 15.2 Å². The maximum atomic E-state index is 10.1. The van der Waals surface area contributed by atoms with Crippen LogP contribution in [0, 0.1) is 10.1 Å². The average Bonchev–Trinajstić information content (AvgIpc) is 2.33. The van der Waals surface area contributed by atoms with Crippen molar-refractivity contribution in [3.63, 3.8) is 0 Å². The maximum absolute atomic E-state index is 10.1. The Morgan fingerprint density at radius 1 is 1.70 bits per heavy atom. The minimum absolute atomic E-state index is 0.0370. The van der Waals surface area contributed by atoms with Gasteiger partial charge in [0.1, 0.15) is 0 Å². The van der Waals surface area contributed by atoms with E-state index >= 15 is 0 Å². The van der Waals surface area contributed by atoms with Gasteiger partial charge in [-0.05, 0) is 4.92 Å². The van der Waals surface area contributed by atoms with Crippen LogP contribution >= 0.6 is 0 Å². The molecule has 7 nitrogen and oxygen atoms in total. The zero-order valence-electron chi connectivity index (χ0n) is 5.08. The monoisotopic (exact) mass is 147 g/mol. The largest absolute Gasteiger partial charge is 0.475 e. The molecule has 0 atom stereocenters. The lowest BCUT2D eigenvalue weighted by atomic mass is 10.7. The molecule has 10 heavy (non-hydrogen) atoms. The van der Waals surface area contributed by atoms with E-state index in [-0.39, 0.29) is 11.7 Å². The summed E-state index contributed by atoms with van der Waals surface area (Å²) in [6.07, 6.45) is 0. The molecule has 1 aliphatic rings. The normalized spacial score (nSPS) is 16.1. The van der Waals surface area contributed by atoms with Gasteiger partial charge >= 0.3 is 11.7 Å². The zero-order valence-corrected chi connectivity index (χ0v) is 5.08. The lowest BCUT2D eigenvalue weighted by Crippen LogP contribution is -2.14. The van der Waals surface area contributed by atoms with Gasteiger partial charge in [0.05, 0.1) is 7.11 Å². The van der Waals surface area contributed by atoms with Crippen LogP contribution in [0.25, 0.3) is 0 Å². The molecule has 7 heteroatoms. The predicted molar refractivity (Wildman–Crippen MR) is 28.4 cm³/mol. The fourth-order valence-electron chi connectivity index (χ4n) is 0.473. The summed E-state index contributed by atoms with van der Waals surface area (Å²) in [5, 5.41) is 10.1. The molecule has 56 valence electrons. The highest BCUT2D eigenvalue weighted by molar-refractivity contribution is 4.95. The van der Waals surface area contributed by atoms with Gasteiger partial charge in [-0.2, -0.15) is 5.48 Å². The number of nitrogens with one attached hydrogen (secondary N) is 2. The molecule has 0 aromatic carbocycles. The maximum Gasteiger partial charge on any atom is 0.411 e. The first-order valence-corrected chi connectivity index (χ1v) is 2.36. The molecule has 0 saturated carbocycles. The Kier molecular flexibility index (Phi) is 1.59. The number of ether oxygens (including phenoxy) is 1.